The summed E-state index contributed by atoms with van der Waals surface area (Å²) in [7, 11) is 0. The summed E-state index contributed by atoms with van der Waals surface area (Å²) in [6, 6.07) is 6.78. The van der Waals surface area contributed by atoms with Crippen molar-refractivity contribution in [2.75, 3.05) is 13.1 Å². The minimum Gasteiger partial charge on any atom is -0.336 e. The molecule has 23 heavy (non-hydrogen) atoms. The van der Waals surface area contributed by atoms with Crippen molar-refractivity contribution in [1.29, 1.82) is 0 Å². The van der Waals surface area contributed by atoms with Gasteiger partial charge in [0.1, 0.15) is 5.82 Å². The van der Waals surface area contributed by atoms with Crippen molar-refractivity contribution >= 4 is 18.3 Å². The lowest BCUT2D eigenvalue weighted by atomic mass is 9.93. The van der Waals surface area contributed by atoms with Gasteiger partial charge in [-0.2, -0.15) is 0 Å². The lowest BCUT2D eigenvalue weighted by Gasteiger charge is -2.28. The molecule has 1 fully saturated rings. The topological polar surface area (TPSA) is 32.3 Å². The lowest BCUT2D eigenvalue weighted by Crippen LogP contribution is -2.37. The second-order valence-electron chi connectivity index (χ2n) is 6.44. The predicted octanol–water partition coefficient (Wildman–Crippen LogP) is 3.76. The van der Waals surface area contributed by atoms with E-state index in [-0.39, 0.29) is 30.2 Å². The van der Waals surface area contributed by atoms with Crippen molar-refractivity contribution in [1.82, 2.24) is 10.2 Å². The zero-order valence-corrected chi connectivity index (χ0v) is 14.9. The molecule has 0 unspecified atom stereocenters. The fourth-order valence-corrected chi connectivity index (χ4v) is 3.01. The van der Waals surface area contributed by atoms with Crippen LogP contribution in [0.1, 0.15) is 45.1 Å². The molecule has 1 aromatic carbocycles. The predicted molar refractivity (Wildman–Crippen MR) is 94.2 cm³/mol. The summed E-state index contributed by atoms with van der Waals surface area (Å²) in [6.07, 6.45) is 3.82. The number of amides is 1. The second kappa shape index (κ2) is 9.89. The molecule has 0 aliphatic carbocycles. The van der Waals surface area contributed by atoms with Gasteiger partial charge in [0.25, 0.3) is 0 Å². The van der Waals surface area contributed by atoms with Crippen molar-refractivity contribution in [3.63, 3.8) is 0 Å². The Kier molecular flexibility index (Phi) is 8.56. The Balaban J connectivity index is 0.00000264. The average molecular weight is 343 g/mol. The van der Waals surface area contributed by atoms with Gasteiger partial charge >= 0.3 is 0 Å². The van der Waals surface area contributed by atoms with E-state index in [2.05, 4.69) is 5.32 Å². The Morgan fingerprint density at radius 1 is 1.30 bits per heavy atom. The molecule has 1 N–H and O–H groups in total. The van der Waals surface area contributed by atoms with E-state index in [0.29, 0.717) is 24.4 Å². The summed E-state index contributed by atoms with van der Waals surface area (Å²) < 4.78 is 13.8. The third-order valence-electron chi connectivity index (χ3n) is 4.47. The van der Waals surface area contributed by atoms with Crippen LogP contribution in [-0.4, -0.2) is 29.9 Å². The number of hydrogen-bond acceptors (Lipinski definition) is 2. The average Bonchev–Trinajstić information content (AvgIpc) is 2.52. The Labute approximate surface area is 145 Å². The van der Waals surface area contributed by atoms with E-state index in [4.69, 9.17) is 0 Å². The van der Waals surface area contributed by atoms with E-state index in [9.17, 15) is 9.18 Å². The first kappa shape index (κ1) is 19.9. The summed E-state index contributed by atoms with van der Waals surface area (Å²) in [4.78, 5) is 14.3. The molecule has 1 aliphatic rings. The molecule has 0 aromatic heterocycles. The van der Waals surface area contributed by atoms with Gasteiger partial charge in [-0.1, -0.05) is 18.2 Å². The summed E-state index contributed by atoms with van der Waals surface area (Å²) in [5.41, 5.74) is 0.589. The van der Waals surface area contributed by atoms with E-state index in [1.165, 1.54) is 6.07 Å². The molecule has 0 atom stereocenters. The molecule has 2 rings (SSSR count). The van der Waals surface area contributed by atoms with Gasteiger partial charge in [0, 0.05) is 24.6 Å². The Bertz CT molecular complexity index is 490. The quantitative estimate of drug-likeness (QED) is 0.853. The third-order valence-corrected chi connectivity index (χ3v) is 4.47. The summed E-state index contributed by atoms with van der Waals surface area (Å²) in [5, 5.41) is 3.35. The molecule has 0 radical (unpaired) electrons. The number of carbonyl (C=O) groups is 1. The highest BCUT2D eigenvalue weighted by Gasteiger charge is 2.21. The molecule has 5 heteroatoms. The third kappa shape index (κ3) is 6.11. The standard InChI is InChI=1S/C18H27FN2O.ClH/c1-14(2)21(13-16-5-3-4-6-17(16)19)18(22)8-7-15-9-11-20-12-10-15;/h3-6,14-15,20H,7-13H2,1-2H3;1H. The number of hydrogen-bond donors (Lipinski definition) is 1. The van der Waals surface area contributed by atoms with Crippen LogP contribution < -0.4 is 5.32 Å². The van der Waals surface area contributed by atoms with Crippen LogP contribution in [0.15, 0.2) is 24.3 Å². The Morgan fingerprint density at radius 3 is 2.57 bits per heavy atom. The van der Waals surface area contributed by atoms with E-state index >= 15 is 0 Å². The van der Waals surface area contributed by atoms with Crippen LogP contribution in [0.3, 0.4) is 0 Å². The number of halogens is 2. The van der Waals surface area contributed by atoms with Crippen LogP contribution in [0.5, 0.6) is 0 Å². The maximum atomic E-state index is 13.8. The van der Waals surface area contributed by atoms with Gasteiger partial charge in [0.15, 0.2) is 0 Å². The van der Waals surface area contributed by atoms with Crippen LogP contribution in [0.2, 0.25) is 0 Å². The Hall–Kier alpha value is -1.13. The molecule has 1 amide bonds. The molecule has 3 nitrogen and oxygen atoms in total. The van der Waals surface area contributed by atoms with Crippen LogP contribution in [-0.2, 0) is 11.3 Å². The number of rotatable bonds is 6. The molecule has 0 saturated carbocycles. The van der Waals surface area contributed by atoms with Gasteiger partial charge in [-0.25, -0.2) is 4.39 Å². The maximum absolute atomic E-state index is 13.8. The minimum atomic E-state index is -0.237. The zero-order valence-electron chi connectivity index (χ0n) is 14.1. The van der Waals surface area contributed by atoms with E-state index in [0.717, 1.165) is 32.4 Å². The van der Waals surface area contributed by atoms with Crippen molar-refractivity contribution in [2.45, 2.75) is 52.1 Å². The first-order chi connectivity index (χ1) is 10.6. The van der Waals surface area contributed by atoms with Gasteiger partial charge in [0.05, 0.1) is 0 Å². The fraction of sp³-hybridized carbons (Fsp3) is 0.611. The summed E-state index contributed by atoms with van der Waals surface area (Å²) in [6.45, 7) is 6.45. The monoisotopic (exact) mass is 342 g/mol. The van der Waals surface area contributed by atoms with E-state index in [1.54, 1.807) is 17.0 Å². The number of piperidine rings is 1. The second-order valence-corrected chi connectivity index (χ2v) is 6.44. The fourth-order valence-electron chi connectivity index (χ4n) is 3.01. The maximum Gasteiger partial charge on any atom is 0.223 e. The smallest absolute Gasteiger partial charge is 0.223 e. The van der Waals surface area contributed by atoms with Crippen LogP contribution in [0.25, 0.3) is 0 Å². The molecule has 1 aromatic rings. The van der Waals surface area contributed by atoms with Crippen LogP contribution in [0.4, 0.5) is 4.39 Å². The van der Waals surface area contributed by atoms with Gasteiger partial charge in [-0.3, -0.25) is 4.79 Å². The number of nitrogens with one attached hydrogen (secondary N) is 1. The highest BCUT2D eigenvalue weighted by molar-refractivity contribution is 5.85. The largest absolute Gasteiger partial charge is 0.336 e. The van der Waals surface area contributed by atoms with Crippen molar-refractivity contribution in [3.05, 3.63) is 35.6 Å². The molecule has 1 saturated heterocycles. The molecular formula is C18H28ClFN2O. The SMILES string of the molecule is CC(C)N(Cc1ccccc1F)C(=O)CCC1CCNCC1.Cl. The molecular weight excluding hydrogens is 315 g/mol. The van der Waals surface area contributed by atoms with E-state index in [1.807, 2.05) is 19.9 Å². The minimum absolute atomic E-state index is 0. The van der Waals surface area contributed by atoms with Crippen molar-refractivity contribution < 1.29 is 9.18 Å². The zero-order chi connectivity index (χ0) is 15.9. The molecule has 0 bridgehead atoms. The summed E-state index contributed by atoms with van der Waals surface area (Å²) >= 11 is 0. The highest BCUT2D eigenvalue weighted by Crippen LogP contribution is 2.20. The van der Waals surface area contributed by atoms with Gasteiger partial charge < -0.3 is 10.2 Å². The normalized spacial score (nSPS) is 15.3. The van der Waals surface area contributed by atoms with Crippen molar-refractivity contribution in [2.24, 2.45) is 5.92 Å². The Morgan fingerprint density at radius 2 is 1.96 bits per heavy atom. The van der Waals surface area contributed by atoms with Crippen LogP contribution in [0, 0.1) is 11.7 Å². The highest BCUT2D eigenvalue weighted by atomic mass is 35.5. The molecule has 1 aliphatic heterocycles. The first-order valence-corrected chi connectivity index (χ1v) is 8.31. The number of nitrogens with zero attached hydrogens (tertiary/aromatic N) is 1. The van der Waals surface area contributed by atoms with Gasteiger partial charge in [0.2, 0.25) is 5.91 Å². The number of benzene rings is 1. The van der Waals surface area contributed by atoms with Gasteiger partial charge in [-0.15, -0.1) is 12.4 Å². The van der Waals surface area contributed by atoms with E-state index < -0.39 is 0 Å². The van der Waals surface area contributed by atoms with Gasteiger partial charge in [-0.05, 0) is 58.2 Å². The molecule has 0 spiro atoms. The lowest BCUT2D eigenvalue weighted by molar-refractivity contribution is -0.134. The number of carbonyl (C=O) groups excluding carboxylic acids is 1. The van der Waals surface area contributed by atoms with Crippen LogP contribution >= 0.6 is 12.4 Å². The first-order valence-electron chi connectivity index (χ1n) is 8.31. The molecule has 130 valence electrons. The van der Waals surface area contributed by atoms with Crippen molar-refractivity contribution in [3.8, 4) is 0 Å². The molecule has 1 heterocycles. The summed E-state index contributed by atoms with van der Waals surface area (Å²) in [5.74, 6) is 0.545.